The van der Waals surface area contributed by atoms with E-state index in [2.05, 4.69) is 64.9 Å². The number of carbonyl (C=O) groups excluding carboxylic acids is 2. The standard InChI is InChI=1S/C35H45N7O3.C8H16.3H2/c1-23-7-11-35(12-8-23)13-17-41(22-35)33(44)26(19-25-18-24(2)31-27(20-25)21-37-39-31)5-6-30(43)40-15-9-28(10-16-40)42-29-4-3-14-36-32(29)38-34(42)45;1-7-3-5-8(2)6-4-7;;;/h3-4,14,18,20-21,23,26,28H,5-13,15-17,19,22H2,1-2H3,(H,37,39)(H,36,38,45);7-8H,3-6H2,1-2H3;3*1H/t23?,26-,35?;;;;/m1..../s1. The summed E-state index contributed by atoms with van der Waals surface area (Å²) in [5.41, 5.74) is 4.80. The second kappa shape index (κ2) is 16.2. The number of aryl methyl sites for hydroxylation is 1. The third-order valence-electron chi connectivity index (χ3n) is 13.4. The van der Waals surface area contributed by atoms with Gasteiger partial charge in [0, 0.05) is 60.4 Å². The van der Waals surface area contributed by atoms with Crippen molar-refractivity contribution in [2.45, 2.75) is 124 Å². The predicted molar refractivity (Wildman–Crippen MR) is 217 cm³/mol. The van der Waals surface area contributed by atoms with Gasteiger partial charge in [0.25, 0.3) is 0 Å². The number of likely N-dealkylation sites (tertiary alicyclic amines) is 2. The number of amides is 2. The van der Waals surface area contributed by atoms with Crippen LogP contribution in [-0.2, 0) is 16.0 Å². The van der Waals surface area contributed by atoms with E-state index >= 15 is 0 Å². The van der Waals surface area contributed by atoms with Gasteiger partial charge < -0.3 is 9.80 Å². The monoisotopic (exact) mass is 730 g/mol. The number of hydrogen-bond donors (Lipinski definition) is 2. The van der Waals surface area contributed by atoms with Crippen LogP contribution in [0.25, 0.3) is 22.1 Å². The van der Waals surface area contributed by atoms with Crippen LogP contribution >= 0.6 is 0 Å². The summed E-state index contributed by atoms with van der Waals surface area (Å²) in [6.07, 6.45) is 18.4. The van der Waals surface area contributed by atoms with Crippen molar-refractivity contribution in [3.05, 3.63) is 58.3 Å². The lowest BCUT2D eigenvalue weighted by Crippen LogP contribution is -2.41. The lowest BCUT2D eigenvalue weighted by atomic mass is 9.70. The molecule has 2 saturated heterocycles. The molecule has 2 aliphatic carbocycles. The number of aromatic amines is 2. The first kappa shape index (κ1) is 37.4. The normalized spacial score (nSPS) is 25.8. The van der Waals surface area contributed by atoms with E-state index in [0.717, 1.165) is 64.8 Å². The second-order valence-corrected chi connectivity index (χ2v) is 17.5. The quantitative estimate of drug-likeness (QED) is 0.197. The van der Waals surface area contributed by atoms with Crippen molar-refractivity contribution in [3.8, 4) is 0 Å². The van der Waals surface area contributed by atoms with E-state index in [1.165, 1.54) is 51.4 Å². The predicted octanol–water partition coefficient (Wildman–Crippen LogP) is 8.71. The smallest absolute Gasteiger partial charge is 0.327 e. The maximum absolute atomic E-state index is 14.2. The Balaban J connectivity index is 0.000000567. The molecule has 2 aliphatic heterocycles. The molecule has 1 aromatic carbocycles. The zero-order valence-corrected chi connectivity index (χ0v) is 32.5. The van der Waals surface area contributed by atoms with Gasteiger partial charge in [0.2, 0.25) is 11.8 Å². The van der Waals surface area contributed by atoms with Crippen LogP contribution in [0.1, 0.15) is 126 Å². The molecule has 2 amide bonds. The lowest BCUT2D eigenvalue weighted by molar-refractivity contribution is -0.136. The van der Waals surface area contributed by atoms with Gasteiger partial charge in [0.05, 0.1) is 17.2 Å². The van der Waals surface area contributed by atoms with Crippen LogP contribution in [-0.4, -0.2) is 72.5 Å². The molecule has 1 atom stereocenters. The highest BCUT2D eigenvalue weighted by molar-refractivity contribution is 5.84. The summed E-state index contributed by atoms with van der Waals surface area (Å²) in [5.74, 6) is 2.88. The Hall–Kier alpha value is -3.95. The van der Waals surface area contributed by atoms with Crippen molar-refractivity contribution in [1.29, 1.82) is 0 Å². The third-order valence-corrected chi connectivity index (χ3v) is 13.4. The summed E-state index contributed by atoms with van der Waals surface area (Å²) >= 11 is 0. The second-order valence-electron chi connectivity index (χ2n) is 17.5. The minimum Gasteiger partial charge on any atom is -0.343 e. The summed E-state index contributed by atoms with van der Waals surface area (Å²) in [6.45, 7) is 12.0. The van der Waals surface area contributed by atoms with Gasteiger partial charge in [-0.1, -0.05) is 65.4 Å². The molecule has 0 radical (unpaired) electrons. The number of H-pyrrole nitrogens is 2. The van der Waals surface area contributed by atoms with Gasteiger partial charge in [0.15, 0.2) is 5.65 Å². The van der Waals surface area contributed by atoms with E-state index in [-0.39, 0.29) is 39.2 Å². The number of aromatic nitrogens is 5. The third kappa shape index (κ3) is 8.57. The molecular weight excluding hydrogens is 663 g/mol. The van der Waals surface area contributed by atoms with E-state index in [1.807, 2.05) is 23.2 Å². The summed E-state index contributed by atoms with van der Waals surface area (Å²) in [4.78, 5) is 51.6. The highest BCUT2D eigenvalue weighted by atomic mass is 16.2. The SMILES string of the molecule is CC1CCC(C)CC1.Cc1cc(C[C@@H](CCC(=O)N2CCC(n3c(=O)[nH]c4ncccc43)CC2)C(=O)N2CCC3(CCC(C)CC3)C2)cc2cn[nH]c12.[HH].[HH].[HH]. The summed E-state index contributed by atoms with van der Waals surface area (Å²) in [7, 11) is 0. The summed E-state index contributed by atoms with van der Waals surface area (Å²) in [5, 5.41) is 8.34. The maximum atomic E-state index is 14.2. The van der Waals surface area contributed by atoms with Gasteiger partial charge in [-0.25, -0.2) is 9.78 Å². The van der Waals surface area contributed by atoms with Crippen LogP contribution in [0.3, 0.4) is 0 Å². The first-order valence-electron chi connectivity index (χ1n) is 20.6. The highest BCUT2D eigenvalue weighted by Gasteiger charge is 2.43. The van der Waals surface area contributed by atoms with Crippen molar-refractivity contribution in [2.24, 2.45) is 29.1 Å². The van der Waals surface area contributed by atoms with Gasteiger partial charge >= 0.3 is 5.69 Å². The largest absolute Gasteiger partial charge is 0.343 e. The number of imidazole rings is 1. The van der Waals surface area contributed by atoms with Gasteiger partial charge in [-0.05, 0) is 104 Å². The van der Waals surface area contributed by atoms with Crippen LogP contribution in [0.2, 0.25) is 0 Å². The van der Waals surface area contributed by atoms with E-state index in [4.69, 9.17) is 0 Å². The van der Waals surface area contributed by atoms with Crippen LogP contribution in [0, 0.1) is 36.0 Å². The average Bonchev–Trinajstić information content (AvgIpc) is 3.90. The highest BCUT2D eigenvalue weighted by Crippen LogP contribution is 2.46. The van der Waals surface area contributed by atoms with Gasteiger partial charge in [-0.15, -0.1) is 0 Å². The number of piperidine rings is 1. The zero-order chi connectivity index (χ0) is 37.1. The molecule has 10 nitrogen and oxygen atoms in total. The van der Waals surface area contributed by atoms with Crippen LogP contribution in [0.5, 0.6) is 0 Å². The van der Waals surface area contributed by atoms with Crippen molar-refractivity contribution >= 4 is 33.9 Å². The van der Waals surface area contributed by atoms with Crippen LogP contribution in [0.15, 0.2) is 41.5 Å². The fraction of sp³-hybridized carbons (Fsp3) is 0.651. The first-order chi connectivity index (χ1) is 25.6. The zero-order valence-electron chi connectivity index (χ0n) is 32.5. The molecule has 2 N–H and O–H groups in total. The van der Waals surface area contributed by atoms with Crippen LogP contribution < -0.4 is 5.69 Å². The molecular formula is C43H67N7O3. The van der Waals surface area contributed by atoms with E-state index in [0.29, 0.717) is 50.8 Å². The Morgan fingerprint density at radius 2 is 1.62 bits per heavy atom. The molecule has 292 valence electrons. The molecule has 4 aromatic rings. The number of hydrogen-bond acceptors (Lipinski definition) is 5. The maximum Gasteiger partial charge on any atom is 0.327 e. The molecule has 2 saturated carbocycles. The Bertz CT molecular complexity index is 1930. The molecule has 5 heterocycles. The van der Waals surface area contributed by atoms with Crippen LogP contribution in [0.4, 0.5) is 0 Å². The molecule has 0 unspecified atom stereocenters. The molecule has 1 spiro atoms. The van der Waals surface area contributed by atoms with E-state index in [1.54, 1.807) is 10.8 Å². The van der Waals surface area contributed by atoms with Gasteiger partial charge in [-0.2, -0.15) is 5.10 Å². The Labute approximate surface area is 318 Å². The molecule has 3 aromatic heterocycles. The fourth-order valence-corrected chi connectivity index (χ4v) is 9.77. The number of nitrogens with zero attached hydrogens (tertiary/aromatic N) is 5. The van der Waals surface area contributed by atoms with Crippen molar-refractivity contribution in [2.75, 3.05) is 26.2 Å². The van der Waals surface area contributed by atoms with E-state index in [9.17, 15) is 14.4 Å². The number of pyridine rings is 1. The number of nitrogens with one attached hydrogen (secondary N) is 2. The average molecular weight is 730 g/mol. The summed E-state index contributed by atoms with van der Waals surface area (Å²) in [6, 6.07) is 8.07. The van der Waals surface area contributed by atoms with Crippen molar-refractivity contribution in [3.63, 3.8) is 0 Å². The molecule has 0 bridgehead atoms. The Morgan fingerprint density at radius 1 is 0.925 bits per heavy atom. The van der Waals surface area contributed by atoms with Crippen molar-refractivity contribution in [1.82, 2.24) is 34.5 Å². The molecule has 53 heavy (non-hydrogen) atoms. The molecule has 10 heteroatoms. The van der Waals surface area contributed by atoms with Crippen molar-refractivity contribution < 1.29 is 13.9 Å². The molecule has 4 fully saturated rings. The minimum atomic E-state index is -0.245. The number of rotatable bonds is 7. The molecule has 4 aliphatic rings. The van der Waals surface area contributed by atoms with Gasteiger partial charge in [-0.3, -0.25) is 24.2 Å². The number of carbonyl (C=O) groups is 2. The Kier molecular flexibility index (Phi) is 11.4. The summed E-state index contributed by atoms with van der Waals surface area (Å²) < 4.78 is 1.80. The lowest BCUT2D eigenvalue weighted by Gasteiger charge is -2.36. The fourth-order valence-electron chi connectivity index (χ4n) is 9.77. The Morgan fingerprint density at radius 3 is 2.34 bits per heavy atom. The topological polar surface area (TPSA) is 120 Å². The number of fused-ring (bicyclic) bond motifs is 2. The minimum absolute atomic E-state index is 0. The first-order valence-corrected chi connectivity index (χ1v) is 20.6. The van der Waals surface area contributed by atoms with Gasteiger partial charge in [0.1, 0.15) is 0 Å². The number of benzene rings is 1. The van der Waals surface area contributed by atoms with E-state index < -0.39 is 0 Å². The molecule has 8 rings (SSSR count).